The van der Waals surface area contributed by atoms with E-state index < -0.39 is 0 Å². The Kier molecular flexibility index (Phi) is 5.69. The molecule has 6 nitrogen and oxygen atoms in total. The van der Waals surface area contributed by atoms with Crippen molar-refractivity contribution in [3.63, 3.8) is 0 Å². The van der Waals surface area contributed by atoms with Crippen LogP contribution in [0, 0.1) is 24.1 Å². The molecule has 0 fully saturated rings. The lowest BCUT2D eigenvalue weighted by Gasteiger charge is -2.08. The number of hydrogen-bond donors (Lipinski definition) is 2. The van der Waals surface area contributed by atoms with Gasteiger partial charge in [-0.1, -0.05) is 6.07 Å². The first-order valence-electron chi connectivity index (χ1n) is 7.29. The largest absolute Gasteiger partial charge is 0.337 e. The highest BCUT2D eigenvalue weighted by molar-refractivity contribution is 5.88. The molecule has 23 heavy (non-hydrogen) atoms. The number of carbonyl (C=O) groups is 1. The Morgan fingerprint density at radius 1 is 1.43 bits per heavy atom. The second-order valence-electron chi connectivity index (χ2n) is 5.07. The first kappa shape index (κ1) is 16.5. The molecule has 0 saturated carbocycles. The van der Waals surface area contributed by atoms with Crippen LogP contribution in [0.3, 0.4) is 0 Å². The molecule has 1 heterocycles. The van der Waals surface area contributed by atoms with Crippen LogP contribution in [0.5, 0.6) is 0 Å². The van der Waals surface area contributed by atoms with Crippen LogP contribution in [0.4, 0.5) is 15.0 Å². The summed E-state index contributed by atoms with van der Waals surface area (Å²) in [6.07, 6.45) is 2.69. The number of nitrogens with one attached hydrogen (secondary N) is 2. The lowest BCUT2D eigenvalue weighted by atomic mass is 10.1. The maximum absolute atomic E-state index is 13.0. The van der Waals surface area contributed by atoms with Gasteiger partial charge in [-0.05, 0) is 36.6 Å². The van der Waals surface area contributed by atoms with Gasteiger partial charge in [0.1, 0.15) is 5.82 Å². The molecule has 2 aromatic rings. The molecule has 0 saturated heterocycles. The Morgan fingerprint density at radius 3 is 3.00 bits per heavy atom. The van der Waals surface area contributed by atoms with E-state index in [0.717, 1.165) is 11.1 Å². The predicted molar refractivity (Wildman–Crippen MR) is 84.3 cm³/mol. The molecule has 0 spiro atoms. The number of urea groups is 1. The molecule has 2 amide bonds. The lowest BCUT2D eigenvalue weighted by Crippen LogP contribution is -2.30. The van der Waals surface area contributed by atoms with Gasteiger partial charge in [0.25, 0.3) is 0 Å². The smallest absolute Gasteiger partial charge is 0.320 e. The van der Waals surface area contributed by atoms with Crippen LogP contribution >= 0.6 is 0 Å². The van der Waals surface area contributed by atoms with Crippen LogP contribution in [0.15, 0.2) is 30.5 Å². The van der Waals surface area contributed by atoms with E-state index in [9.17, 15) is 9.18 Å². The fourth-order valence-electron chi connectivity index (χ4n) is 2.13. The van der Waals surface area contributed by atoms with Crippen molar-refractivity contribution in [2.75, 3.05) is 11.9 Å². The van der Waals surface area contributed by atoms with Crippen molar-refractivity contribution in [2.24, 2.45) is 0 Å². The molecule has 0 unspecified atom stereocenters. The van der Waals surface area contributed by atoms with Gasteiger partial charge in [-0.3, -0.25) is 10.00 Å². The average molecular weight is 315 g/mol. The van der Waals surface area contributed by atoms with E-state index in [1.807, 2.05) is 13.0 Å². The molecule has 7 heteroatoms. The van der Waals surface area contributed by atoms with Crippen LogP contribution in [0.1, 0.15) is 17.5 Å². The molecule has 0 aliphatic rings. The highest BCUT2D eigenvalue weighted by atomic mass is 19.1. The van der Waals surface area contributed by atoms with Crippen LogP contribution in [0.25, 0.3) is 0 Å². The van der Waals surface area contributed by atoms with Crippen molar-refractivity contribution in [3.8, 4) is 6.07 Å². The second-order valence-corrected chi connectivity index (χ2v) is 5.07. The third-order valence-electron chi connectivity index (χ3n) is 3.32. The van der Waals surface area contributed by atoms with Gasteiger partial charge in [0.15, 0.2) is 5.82 Å². The number of aromatic nitrogens is 2. The summed E-state index contributed by atoms with van der Waals surface area (Å²) in [4.78, 5) is 11.8. The summed E-state index contributed by atoms with van der Waals surface area (Å²) < 4.78 is 14.6. The summed E-state index contributed by atoms with van der Waals surface area (Å²) in [6, 6.07) is 7.96. The lowest BCUT2D eigenvalue weighted by molar-refractivity contribution is 0.252. The van der Waals surface area contributed by atoms with E-state index in [4.69, 9.17) is 5.26 Å². The minimum absolute atomic E-state index is 0.260. The normalized spacial score (nSPS) is 10.1. The van der Waals surface area contributed by atoms with Crippen molar-refractivity contribution < 1.29 is 9.18 Å². The molecule has 1 aromatic carbocycles. The minimum atomic E-state index is -0.352. The number of amides is 2. The molecule has 120 valence electrons. The van der Waals surface area contributed by atoms with Gasteiger partial charge in [0.2, 0.25) is 0 Å². The number of rotatable bonds is 6. The molecule has 0 bridgehead atoms. The zero-order valence-corrected chi connectivity index (χ0v) is 12.8. The number of nitriles is 1. The van der Waals surface area contributed by atoms with Gasteiger partial charge in [0.05, 0.1) is 19.0 Å². The van der Waals surface area contributed by atoms with Gasteiger partial charge in [-0.25, -0.2) is 9.18 Å². The van der Waals surface area contributed by atoms with Crippen LogP contribution in [-0.4, -0.2) is 22.4 Å². The average Bonchev–Trinajstić information content (AvgIpc) is 2.94. The molecule has 2 rings (SSSR count). The molecule has 2 N–H and O–H groups in total. The fraction of sp³-hybridized carbons (Fsp3) is 0.312. The van der Waals surface area contributed by atoms with E-state index in [1.54, 1.807) is 23.0 Å². The topological polar surface area (TPSA) is 82.7 Å². The standard InChI is InChI=1S/C16H18FN5O/c1-12-11-14(17)4-3-13(12)5-8-19-16(23)20-15-6-10-22(21-15)9-2-7-18/h3-4,6,10-11H,2,5,8-9H2,1H3,(H2,19,20,21,23). The SMILES string of the molecule is Cc1cc(F)ccc1CCNC(=O)Nc1ccn(CCC#N)n1. The van der Waals surface area contributed by atoms with Crippen molar-refractivity contribution in [1.82, 2.24) is 15.1 Å². The predicted octanol–water partition coefficient (Wildman–Crippen LogP) is 2.61. The number of carbonyl (C=O) groups excluding carboxylic acids is 1. The zero-order valence-electron chi connectivity index (χ0n) is 12.8. The Balaban J connectivity index is 1.76. The van der Waals surface area contributed by atoms with Gasteiger partial charge < -0.3 is 5.32 Å². The summed E-state index contributed by atoms with van der Waals surface area (Å²) in [7, 11) is 0. The van der Waals surface area contributed by atoms with Crippen molar-refractivity contribution >= 4 is 11.8 Å². The molecule has 1 aromatic heterocycles. The fourth-order valence-corrected chi connectivity index (χ4v) is 2.13. The molecule has 0 radical (unpaired) electrons. The van der Waals surface area contributed by atoms with Crippen molar-refractivity contribution in [3.05, 3.63) is 47.4 Å². The van der Waals surface area contributed by atoms with E-state index >= 15 is 0 Å². The summed E-state index contributed by atoms with van der Waals surface area (Å²) >= 11 is 0. The number of aryl methyl sites for hydroxylation is 2. The second kappa shape index (κ2) is 7.94. The van der Waals surface area contributed by atoms with Crippen LogP contribution in [0.2, 0.25) is 0 Å². The number of anilines is 1. The van der Waals surface area contributed by atoms with Gasteiger partial charge in [0, 0.05) is 18.8 Å². The van der Waals surface area contributed by atoms with Crippen LogP contribution in [-0.2, 0) is 13.0 Å². The first-order valence-corrected chi connectivity index (χ1v) is 7.29. The molecule has 0 aliphatic heterocycles. The van der Waals surface area contributed by atoms with Crippen LogP contribution < -0.4 is 10.6 Å². The molecule has 0 atom stereocenters. The maximum atomic E-state index is 13.0. The van der Waals surface area contributed by atoms with E-state index in [-0.39, 0.29) is 11.8 Å². The zero-order chi connectivity index (χ0) is 16.7. The minimum Gasteiger partial charge on any atom is -0.337 e. The Labute approximate surface area is 133 Å². The first-order chi connectivity index (χ1) is 11.1. The van der Waals surface area contributed by atoms with Gasteiger partial charge >= 0.3 is 6.03 Å². The van der Waals surface area contributed by atoms with Crippen molar-refractivity contribution in [2.45, 2.75) is 26.3 Å². The Bertz CT molecular complexity index is 720. The monoisotopic (exact) mass is 315 g/mol. The number of halogens is 1. The number of nitrogens with zero attached hydrogens (tertiary/aromatic N) is 3. The van der Waals surface area contributed by atoms with E-state index in [1.165, 1.54) is 12.1 Å². The van der Waals surface area contributed by atoms with Crippen molar-refractivity contribution in [1.29, 1.82) is 5.26 Å². The third-order valence-corrected chi connectivity index (χ3v) is 3.32. The Morgan fingerprint density at radius 2 is 2.26 bits per heavy atom. The summed E-state index contributed by atoms with van der Waals surface area (Å²) in [6.45, 7) is 2.77. The quantitative estimate of drug-likeness (QED) is 0.859. The third kappa shape index (κ3) is 5.11. The van der Waals surface area contributed by atoms with E-state index in [0.29, 0.717) is 31.7 Å². The summed E-state index contributed by atoms with van der Waals surface area (Å²) in [5, 5.41) is 18.0. The molecular formula is C16H18FN5O. The molecular weight excluding hydrogens is 297 g/mol. The van der Waals surface area contributed by atoms with Gasteiger partial charge in [-0.15, -0.1) is 0 Å². The summed E-state index contributed by atoms with van der Waals surface area (Å²) in [5.41, 5.74) is 1.86. The molecule has 0 aliphatic carbocycles. The highest BCUT2D eigenvalue weighted by Crippen LogP contribution is 2.10. The Hall–Kier alpha value is -2.88. The van der Waals surface area contributed by atoms with E-state index in [2.05, 4.69) is 15.7 Å². The number of benzene rings is 1. The van der Waals surface area contributed by atoms with Gasteiger partial charge in [-0.2, -0.15) is 10.4 Å². The highest BCUT2D eigenvalue weighted by Gasteiger charge is 2.05. The number of hydrogen-bond acceptors (Lipinski definition) is 3. The maximum Gasteiger partial charge on any atom is 0.320 e. The summed E-state index contributed by atoms with van der Waals surface area (Å²) in [5.74, 6) is 0.169.